The fourth-order valence-electron chi connectivity index (χ4n) is 4.35. The first-order valence-corrected chi connectivity index (χ1v) is 17.6. The maximum absolute atomic E-state index is 11.1. The average Bonchev–Trinajstić information content (AvgIpc) is 3.19. The Labute approximate surface area is 322 Å². The molecular weight excluding hydrogens is 735 g/mol. The van der Waals surface area contributed by atoms with Gasteiger partial charge in [-0.15, -0.1) is 10.2 Å². The molecule has 4 aromatic rings. The van der Waals surface area contributed by atoms with Crippen LogP contribution in [-0.2, 0) is 25.7 Å². The summed E-state index contributed by atoms with van der Waals surface area (Å²) in [4.78, 5) is 22.1. The molecule has 0 spiro atoms. The van der Waals surface area contributed by atoms with Gasteiger partial charge in [-0.2, -0.15) is 20.5 Å². The fraction of sp³-hybridized carbons (Fsp3) is 0.231. The molecule has 0 heterocycles. The molecule has 0 saturated carbocycles. The molecule has 4 aromatic carbocycles. The monoisotopic (exact) mass is 772 g/mol. The topological polar surface area (TPSA) is 165 Å². The quantitative estimate of drug-likeness (QED) is 0.0381. The zero-order chi connectivity index (χ0) is 38.5. The van der Waals surface area contributed by atoms with Crippen molar-refractivity contribution in [1.82, 2.24) is 0 Å². The first-order chi connectivity index (χ1) is 26.3. The highest BCUT2D eigenvalue weighted by Crippen LogP contribution is 2.34. The van der Waals surface area contributed by atoms with Crippen molar-refractivity contribution in [2.75, 3.05) is 26.4 Å². The highest BCUT2D eigenvalue weighted by atomic mass is 35.5. The van der Waals surface area contributed by atoms with E-state index in [1.807, 2.05) is 0 Å². The molecule has 15 heteroatoms. The first-order valence-electron chi connectivity index (χ1n) is 16.8. The second-order valence-corrected chi connectivity index (χ2v) is 12.0. The lowest BCUT2D eigenvalue weighted by molar-refractivity contribution is -0.138. The average molecular weight is 774 g/mol. The first kappa shape index (κ1) is 41.0. The van der Waals surface area contributed by atoms with E-state index >= 15 is 0 Å². The Morgan fingerprint density at radius 3 is 1.41 bits per heavy atom. The largest absolute Gasteiger partial charge is 0.494 e. The van der Waals surface area contributed by atoms with Crippen LogP contribution in [0.4, 0.5) is 34.1 Å². The highest BCUT2D eigenvalue weighted by molar-refractivity contribution is 6.33. The maximum Gasteiger partial charge on any atom is 0.330 e. The van der Waals surface area contributed by atoms with Crippen molar-refractivity contribution in [3.8, 4) is 11.5 Å². The smallest absolute Gasteiger partial charge is 0.330 e. The van der Waals surface area contributed by atoms with Crippen LogP contribution in [-0.4, -0.2) is 43.5 Å². The number of nitrogens with zero attached hydrogens (tertiary/aromatic N) is 6. The van der Waals surface area contributed by atoms with Crippen molar-refractivity contribution in [2.24, 2.45) is 30.7 Å². The lowest BCUT2D eigenvalue weighted by atomic mass is 10.2. The van der Waals surface area contributed by atoms with Crippen LogP contribution in [0.5, 0.6) is 11.5 Å². The highest BCUT2D eigenvalue weighted by Gasteiger charge is 2.07. The van der Waals surface area contributed by atoms with E-state index in [0.29, 0.717) is 113 Å². The molecule has 0 bridgehead atoms. The number of ether oxygens (including phenoxy) is 4. The number of aliphatic hydroxyl groups is 1. The molecule has 0 fully saturated rings. The third kappa shape index (κ3) is 14.0. The number of unbranched alkanes of at least 4 members (excludes halogenated alkanes) is 2. The molecule has 4 rings (SSSR count). The van der Waals surface area contributed by atoms with Gasteiger partial charge in [-0.3, -0.25) is 0 Å². The third-order valence-corrected chi connectivity index (χ3v) is 7.78. The molecule has 0 aliphatic heterocycles. The summed E-state index contributed by atoms with van der Waals surface area (Å²) < 4.78 is 21.3. The molecule has 0 unspecified atom stereocenters. The van der Waals surface area contributed by atoms with E-state index in [-0.39, 0.29) is 6.61 Å². The number of halogens is 2. The molecule has 0 saturated heterocycles. The van der Waals surface area contributed by atoms with Gasteiger partial charge in [-0.25, -0.2) is 9.59 Å². The van der Waals surface area contributed by atoms with Gasteiger partial charge in [-0.05, 0) is 92.4 Å². The Bertz CT molecular complexity index is 1990. The number of aliphatic hydroxyl groups excluding tert-OH is 1. The molecular formula is C39H38Cl2N6O7. The van der Waals surface area contributed by atoms with Crippen molar-refractivity contribution in [3.63, 3.8) is 0 Å². The SMILES string of the molecule is C=CC(=O)OCCCCOc1ccc(N=Nc2ccc(N=Nc3ccc(N=Nc4ccc(OCCCCOC(=O)C=C)cc4Cl)cc3CO)cc2)c(Cl)c1. The lowest BCUT2D eigenvalue weighted by Gasteiger charge is -2.07. The van der Waals surface area contributed by atoms with Crippen LogP contribution in [0.15, 0.2) is 135 Å². The van der Waals surface area contributed by atoms with Crippen LogP contribution < -0.4 is 9.47 Å². The van der Waals surface area contributed by atoms with Gasteiger partial charge < -0.3 is 24.1 Å². The van der Waals surface area contributed by atoms with Gasteiger partial charge in [0.15, 0.2) is 0 Å². The van der Waals surface area contributed by atoms with Crippen LogP contribution in [0.25, 0.3) is 0 Å². The number of azo groups is 3. The predicted octanol–water partition coefficient (Wildman–Crippen LogP) is 11.5. The Kier molecular flexibility index (Phi) is 17.0. The zero-order valence-electron chi connectivity index (χ0n) is 29.3. The maximum atomic E-state index is 11.1. The number of carbonyl (C=O) groups excluding carboxylic acids is 2. The third-order valence-electron chi connectivity index (χ3n) is 7.18. The molecule has 0 atom stereocenters. The second-order valence-electron chi connectivity index (χ2n) is 11.2. The second kappa shape index (κ2) is 22.3. The fourth-order valence-corrected chi connectivity index (χ4v) is 4.76. The summed E-state index contributed by atoms with van der Waals surface area (Å²) in [5.41, 5.74) is 3.53. The molecule has 0 radical (unpaired) electrons. The van der Waals surface area contributed by atoms with Crippen LogP contribution in [0.2, 0.25) is 10.0 Å². The van der Waals surface area contributed by atoms with E-state index in [0.717, 1.165) is 12.2 Å². The molecule has 280 valence electrons. The van der Waals surface area contributed by atoms with E-state index in [1.54, 1.807) is 78.9 Å². The summed E-state index contributed by atoms with van der Waals surface area (Å²) in [6.07, 6.45) is 4.98. The molecule has 13 nitrogen and oxygen atoms in total. The molecule has 0 aliphatic carbocycles. The number of rotatable bonds is 21. The summed E-state index contributed by atoms with van der Waals surface area (Å²) in [5, 5.41) is 36.3. The minimum atomic E-state index is -0.447. The molecule has 0 aliphatic rings. The van der Waals surface area contributed by atoms with E-state index in [2.05, 4.69) is 43.8 Å². The molecule has 1 N–H and O–H groups in total. The van der Waals surface area contributed by atoms with Gasteiger partial charge in [0.1, 0.15) is 22.9 Å². The van der Waals surface area contributed by atoms with Gasteiger partial charge in [0.05, 0.1) is 65.8 Å². The van der Waals surface area contributed by atoms with Gasteiger partial charge in [0.2, 0.25) is 0 Å². The summed E-state index contributed by atoms with van der Waals surface area (Å²) in [5.74, 6) is 0.279. The Hall–Kier alpha value is -5.76. The summed E-state index contributed by atoms with van der Waals surface area (Å²) in [7, 11) is 0. The van der Waals surface area contributed by atoms with Crippen molar-refractivity contribution in [1.29, 1.82) is 0 Å². The van der Waals surface area contributed by atoms with Crippen molar-refractivity contribution in [3.05, 3.63) is 120 Å². The minimum absolute atomic E-state index is 0.287. The van der Waals surface area contributed by atoms with Gasteiger partial charge in [0, 0.05) is 29.8 Å². The Morgan fingerprint density at radius 1 is 0.556 bits per heavy atom. The number of benzene rings is 4. The van der Waals surface area contributed by atoms with E-state index in [4.69, 9.17) is 42.1 Å². The van der Waals surface area contributed by atoms with Crippen LogP contribution in [0.3, 0.4) is 0 Å². The van der Waals surface area contributed by atoms with E-state index in [1.165, 1.54) is 0 Å². The lowest BCUT2D eigenvalue weighted by Crippen LogP contribution is -2.04. The number of carbonyl (C=O) groups is 2. The predicted molar refractivity (Wildman–Crippen MR) is 206 cm³/mol. The van der Waals surface area contributed by atoms with Crippen molar-refractivity contribution < 1.29 is 33.6 Å². The number of hydrogen-bond acceptors (Lipinski definition) is 13. The molecule has 54 heavy (non-hydrogen) atoms. The number of esters is 2. The van der Waals surface area contributed by atoms with Crippen LogP contribution in [0.1, 0.15) is 31.2 Å². The van der Waals surface area contributed by atoms with Crippen molar-refractivity contribution >= 4 is 69.3 Å². The van der Waals surface area contributed by atoms with E-state index < -0.39 is 11.9 Å². The zero-order valence-corrected chi connectivity index (χ0v) is 30.8. The van der Waals surface area contributed by atoms with Crippen LogP contribution >= 0.6 is 23.2 Å². The normalized spacial score (nSPS) is 11.2. The number of hydrogen-bond donors (Lipinski definition) is 1. The van der Waals surface area contributed by atoms with Gasteiger partial charge in [-0.1, -0.05) is 36.4 Å². The summed E-state index contributed by atoms with van der Waals surface area (Å²) in [6.45, 7) is 7.90. The van der Waals surface area contributed by atoms with Crippen LogP contribution in [0, 0.1) is 0 Å². The molecule has 0 aromatic heterocycles. The van der Waals surface area contributed by atoms with Gasteiger partial charge in [0.25, 0.3) is 0 Å². The Morgan fingerprint density at radius 2 is 0.963 bits per heavy atom. The van der Waals surface area contributed by atoms with Gasteiger partial charge >= 0.3 is 11.9 Å². The standard InChI is InChI=1S/C39H38Cl2N6O7/c1-3-38(49)53-21-7-5-19-51-31-14-17-36(33(40)24-31)46-43-29-11-9-28(10-12-29)42-45-35-16-13-30(23-27(35)26-48)44-47-37-18-15-32(25-34(37)41)52-20-6-8-22-54-39(50)4-2/h3-4,9-18,23-25,48H,1-2,5-8,19-22,26H2. The summed E-state index contributed by atoms with van der Waals surface area (Å²) in [6, 6.07) is 22.2. The summed E-state index contributed by atoms with van der Waals surface area (Å²) >= 11 is 12.8. The minimum Gasteiger partial charge on any atom is -0.494 e. The molecule has 0 amide bonds. The Balaban J connectivity index is 1.26. The van der Waals surface area contributed by atoms with Crippen molar-refractivity contribution in [2.45, 2.75) is 32.3 Å². The van der Waals surface area contributed by atoms with E-state index in [9.17, 15) is 14.7 Å².